The van der Waals surface area contributed by atoms with E-state index < -0.39 is 6.10 Å². The number of nitrogens with one attached hydrogen (secondary N) is 1. The van der Waals surface area contributed by atoms with Crippen LogP contribution >= 0.6 is 15.9 Å². The Balaban J connectivity index is 1.67. The SMILES string of the molecule is Cc1cc(Br)ccc1NC(=O)c1cn(C[C@H](O)c2ccco2)nn1. The van der Waals surface area contributed by atoms with Gasteiger partial charge in [-0.25, -0.2) is 4.68 Å². The molecule has 3 rings (SSSR count). The molecule has 2 N–H and O–H groups in total. The van der Waals surface area contributed by atoms with Gasteiger partial charge < -0.3 is 14.8 Å². The van der Waals surface area contributed by atoms with E-state index in [1.54, 1.807) is 12.1 Å². The van der Waals surface area contributed by atoms with E-state index in [2.05, 4.69) is 31.6 Å². The van der Waals surface area contributed by atoms with Crippen LogP contribution in [0.5, 0.6) is 0 Å². The molecule has 0 saturated heterocycles. The molecule has 0 aliphatic rings. The van der Waals surface area contributed by atoms with Crippen LogP contribution in [0, 0.1) is 6.92 Å². The van der Waals surface area contributed by atoms with Gasteiger partial charge in [-0.3, -0.25) is 4.79 Å². The van der Waals surface area contributed by atoms with E-state index in [0.717, 1.165) is 10.0 Å². The third-order valence-corrected chi connectivity index (χ3v) is 3.93. The second kappa shape index (κ2) is 6.98. The molecule has 1 aromatic carbocycles. The minimum atomic E-state index is -0.855. The number of rotatable bonds is 5. The predicted octanol–water partition coefficient (Wildman–Crippen LogP) is 2.93. The van der Waals surface area contributed by atoms with Crippen LogP contribution in [0.4, 0.5) is 5.69 Å². The van der Waals surface area contributed by atoms with Crippen LogP contribution in [-0.4, -0.2) is 26.0 Å². The first kappa shape index (κ1) is 16.4. The van der Waals surface area contributed by atoms with Crippen molar-refractivity contribution < 1.29 is 14.3 Å². The lowest BCUT2D eigenvalue weighted by molar-refractivity contribution is 0.102. The summed E-state index contributed by atoms with van der Waals surface area (Å²) in [6, 6.07) is 8.93. The number of furan rings is 1. The Morgan fingerprint density at radius 3 is 3.00 bits per heavy atom. The number of benzene rings is 1. The number of hydrogen-bond acceptors (Lipinski definition) is 5. The first-order valence-corrected chi connectivity index (χ1v) is 8.01. The number of nitrogens with zero attached hydrogens (tertiary/aromatic N) is 3. The maximum atomic E-state index is 12.3. The van der Waals surface area contributed by atoms with Gasteiger partial charge in [0.25, 0.3) is 5.91 Å². The second-order valence-corrected chi connectivity index (χ2v) is 6.19. The van der Waals surface area contributed by atoms with Gasteiger partial charge in [0.05, 0.1) is 19.0 Å². The number of aryl methyl sites for hydroxylation is 1. The molecule has 0 fully saturated rings. The van der Waals surface area contributed by atoms with Crippen LogP contribution in [0.3, 0.4) is 0 Å². The summed E-state index contributed by atoms with van der Waals surface area (Å²) >= 11 is 3.38. The first-order valence-electron chi connectivity index (χ1n) is 7.22. The fraction of sp³-hybridized carbons (Fsp3) is 0.188. The van der Waals surface area contributed by atoms with E-state index in [0.29, 0.717) is 11.4 Å². The number of anilines is 1. The Labute approximate surface area is 146 Å². The van der Waals surface area contributed by atoms with Gasteiger partial charge in [0.2, 0.25) is 0 Å². The molecule has 1 amide bonds. The molecule has 0 aliphatic heterocycles. The average molecular weight is 391 g/mol. The molecule has 0 spiro atoms. The summed E-state index contributed by atoms with van der Waals surface area (Å²) in [6.45, 7) is 2.04. The molecular formula is C16H15BrN4O3. The fourth-order valence-corrected chi connectivity index (χ4v) is 2.67. The minimum Gasteiger partial charge on any atom is -0.467 e. The summed E-state index contributed by atoms with van der Waals surface area (Å²) in [5.74, 6) is 0.0705. The quantitative estimate of drug-likeness (QED) is 0.698. The lowest BCUT2D eigenvalue weighted by Crippen LogP contribution is -2.13. The number of halogens is 1. The van der Waals surface area contributed by atoms with E-state index in [1.807, 2.05) is 25.1 Å². The highest BCUT2D eigenvalue weighted by Gasteiger charge is 2.16. The van der Waals surface area contributed by atoms with Gasteiger partial charge >= 0.3 is 0 Å². The van der Waals surface area contributed by atoms with Crippen LogP contribution in [0.1, 0.15) is 27.9 Å². The lowest BCUT2D eigenvalue weighted by Gasteiger charge is -2.07. The largest absolute Gasteiger partial charge is 0.467 e. The van der Waals surface area contributed by atoms with Crippen LogP contribution < -0.4 is 5.32 Å². The molecule has 2 heterocycles. The van der Waals surface area contributed by atoms with E-state index in [4.69, 9.17) is 4.42 Å². The van der Waals surface area contributed by atoms with Gasteiger partial charge in [0.1, 0.15) is 11.9 Å². The molecule has 0 bridgehead atoms. The van der Waals surface area contributed by atoms with Crippen molar-refractivity contribution in [3.63, 3.8) is 0 Å². The standard InChI is InChI=1S/C16H15BrN4O3/c1-10-7-11(17)4-5-12(10)18-16(23)13-8-21(20-19-13)9-14(22)15-3-2-6-24-15/h2-8,14,22H,9H2,1H3,(H,18,23)/t14-/m0/s1. The number of aliphatic hydroxyl groups is 1. The molecule has 0 saturated carbocycles. The number of hydrogen-bond donors (Lipinski definition) is 2. The average Bonchev–Trinajstić information content (AvgIpc) is 3.21. The lowest BCUT2D eigenvalue weighted by atomic mass is 10.2. The fourth-order valence-electron chi connectivity index (χ4n) is 2.19. The van der Waals surface area contributed by atoms with Crippen molar-refractivity contribution in [2.24, 2.45) is 0 Å². The Morgan fingerprint density at radius 1 is 1.46 bits per heavy atom. The summed E-state index contributed by atoms with van der Waals surface area (Å²) in [5.41, 5.74) is 1.80. The zero-order valence-corrected chi connectivity index (χ0v) is 14.4. The van der Waals surface area contributed by atoms with Crippen LogP contribution in [0.15, 0.2) is 51.7 Å². The van der Waals surface area contributed by atoms with Gasteiger partial charge in [-0.15, -0.1) is 5.10 Å². The number of amides is 1. The van der Waals surface area contributed by atoms with Gasteiger partial charge in [0, 0.05) is 10.2 Å². The molecule has 8 heteroatoms. The Hall–Kier alpha value is -2.45. The topological polar surface area (TPSA) is 93.2 Å². The summed E-state index contributed by atoms with van der Waals surface area (Å²) in [7, 11) is 0. The van der Waals surface area contributed by atoms with Crippen LogP contribution in [0.25, 0.3) is 0 Å². The van der Waals surface area contributed by atoms with Crippen molar-refractivity contribution in [1.82, 2.24) is 15.0 Å². The number of carbonyl (C=O) groups excluding carboxylic acids is 1. The molecular weight excluding hydrogens is 376 g/mol. The Kier molecular flexibility index (Phi) is 4.77. The minimum absolute atomic E-state index is 0.144. The summed E-state index contributed by atoms with van der Waals surface area (Å²) < 4.78 is 7.47. The third kappa shape index (κ3) is 3.72. The third-order valence-electron chi connectivity index (χ3n) is 3.44. The van der Waals surface area contributed by atoms with Crippen molar-refractivity contribution in [2.45, 2.75) is 19.6 Å². The Bertz CT molecular complexity index is 845. The van der Waals surface area contributed by atoms with E-state index >= 15 is 0 Å². The van der Waals surface area contributed by atoms with E-state index in [9.17, 15) is 9.90 Å². The van der Waals surface area contributed by atoms with Crippen molar-refractivity contribution in [2.75, 3.05) is 5.32 Å². The highest BCUT2D eigenvalue weighted by Crippen LogP contribution is 2.20. The molecule has 0 radical (unpaired) electrons. The van der Waals surface area contributed by atoms with Crippen molar-refractivity contribution in [3.05, 3.63) is 64.3 Å². The van der Waals surface area contributed by atoms with Gasteiger partial charge in [0.15, 0.2) is 5.69 Å². The number of aliphatic hydroxyl groups excluding tert-OH is 1. The second-order valence-electron chi connectivity index (χ2n) is 5.27. The first-order chi connectivity index (χ1) is 11.5. The van der Waals surface area contributed by atoms with Gasteiger partial charge in [-0.1, -0.05) is 21.1 Å². The Morgan fingerprint density at radius 2 is 2.29 bits per heavy atom. The molecule has 7 nitrogen and oxygen atoms in total. The highest BCUT2D eigenvalue weighted by atomic mass is 79.9. The maximum Gasteiger partial charge on any atom is 0.277 e. The van der Waals surface area contributed by atoms with Crippen molar-refractivity contribution in [3.8, 4) is 0 Å². The number of carbonyl (C=O) groups is 1. The number of aromatic nitrogens is 3. The van der Waals surface area contributed by atoms with Crippen molar-refractivity contribution in [1.29, 1.82) is 0 Å². The molecule has 0 unspecified atom stereocenters. The van der Waals surface area contributed by atoms with Crippen molar-refractivity contribution >= 4 is 27.5 Å². The van der Waals surface area contributed by atoms with Gasteiger partial charge in [-0.2, -0.15) is 0 Å². The monoisotopic (exact) mass is 390 g/mol. The zero-order valence-electron chi connectivity index (χ0n) is 12.8. The molecule has 3 aromatic rings. The predicted molar refractivity (Wildman–Crippen MR) is 90.5 cm³/mol. The summed E-state index contributed by atoms with van der Waals surface area (Å²) in [6.07, 6.45) is 2.11. The molecule has 124 valence electrons. The van der Waals surface area contributed by atoms with E-state index in [1.165, 1.54) is 17.1 Å². The van der Waals surface area contributed by atoms with Gasteiger partial charge in [-0.05, 0) is 42.8 Å². The van der Waals surface area contributed by atoms with Crippen LogP contribution in [-0.2, 0) is 6.54 Å². The van der Waals surface area contributed by atoms with Crippen LogP contribution in [0.2, 0.25) is 0 Å². The zero-order chi connectivity index (χ0) is 17.1. The molecule has 24 heavy (non-hydrogen) atoms. The summed E-state index contributed by atoms with van der Waals surface area (Å²) in [5, 5.41) is 20.5. The highest BCUT2D eigenvalue weighted by molar-refractivity contribution is 9.10. The summed E-state index contributed by atoms with van der Waals surface area (Å²) in [4.78, 5) is 12.3. The smallest absolute Gasteiger partial charge is 0.277 e. The molecule has 1 atom stereocenters. The molecule has 0 aliphatic carbocycles. The normalized spacial score (nSPS) is 12.1. The van der Waals surface area contributed by atoms with E-state index in [-0.39, 0.29) is 18.1 Å². The molecule has 2 aromatic heterocycles. The maximum absolute atomic E-state index is 12.3.